The van der Waals surface area contributed by atoms with Gasteiger partial charge in [-0.15, -0.1) is 0 Å². The molecule has 0 radical (unpaired) electrons. The molecule has 1 amide bonds. The minimum Gasteiger partial charge on any atom is -0.466 e. The smallest absolute Gasteiger partial charge is 0.309 e. The Morgan fingerprint density at radius 3 is 2.46 bits per heavy atom. The molecule has 0 aliphatic carbocycles. The number of likely N-dealkylation sites (tertiary alicyclic amines) is 1. The Labute approximate surface area is 156 Å². The SMILES string of the molecule is CCOCCCNC(=NCC(=O)N(C)C)N1CCC(C(=O)OCC)CC1. The normalized spacial score (nSPS) is 15.7. The third-order valence-electron chi connectivity index (χ3n) is 4.23. The quantitative estimate of drug-likeness (QED) is 0.279. The first-order valence-corrected chi connectivity index (χ1v) is 9.47. The lowest BCUT2D eigenvalue weighted by molar-refractivity contribution is -0.149. The van der Waals surface area contributed by atoms with Gasteiger partial charge in [-0.25, -0.2) is 4.99 Å². The van der Waals surface area contributed by atoms with Crippen molar-refractivity contribution in [1.82, 2.24) is 15.1 Å². The summed E-state index contributed by atoms with van der Waals surface area (Å²) >= 11 is 0. The summed E-state index contributed by atoms with van der Waals surface area (Å²) in [6, 6.07) is 0. The molecule has 0 unspecified atom stereocenters. The zero-order valence-electron chi connectivity index (χ0n) is 16.6. The molecule has 0 bridgehead atoms. The second-order valence-corrected chi connectivity index (χ2v) is 6.42. The first kappa shape index (κ1) is 22.2. The Kier molecular flexibility index (Phi) is 10.7. The summed E-state index contributed by atoms with van der Waals surface area (Å²) in [5.74, 6) is 0.519. The van der Waals surface area contributed by atoms with Gasteiger partial charge >= 0.3 is 5.97 Å². The molecule has 1 aliphatic rings. The lowest BCUT2D eigenvalue weighted by atomic mass is 9.97. The van der Waals surface area contributed by atoms with Gasteiger partial charge in [-0.2, -0.15) is 0 Å². The maximum absolute atomic E-state index is 11.9. The molecule has 1 heterocycles. The van der Waals surface area contributed by atoms with Crippen molar-refractivity contribution in [2.24, 2.45) is 10.9 Å². The zero-order valence-corrected chi connectivity index (χ0v) is 16.6. The number of piperidine rings is 1. The van der Waals surface area contributed by atoms with E-state index in [0.29, 0.717) is 19.8 Å². The number of esters is 1. The van der Waals surface area contributed by atoms with Crippen LogP contribution < -0.4 is 5.32 Å². The summed E-state index contributed by atoms with van der Waals surface area (Å²) in [6.07, 6.45) is 2.34. The summed E-state index contributed by atoms with van der Waals surface area (Å²) in [4.78, 5) is 31.9. The fourth-order valence-corrected chi connectivity index (χ4v) is 2.66. The summed E-state index contributed by atoms with van der Waals surface area (Å²) in [5.41, 5.74) is 0. The second-order valence-electron chi connectivity index (χ2n) is 6.42. The molecule has 1 N–H and O–H groups in total. The number of hydrogen-bond donors (Lipinski definition) is 1. The first-order valence-electron chi connectivity index (χ1n) is 9.47. The number of carbonyl (C=O) groups is 2. The number of carbonyl (C=O) groups excluding carboxylic acids is 2. The fourth-order valence-electron chi connectivity index (χ4n) is 2.66. The minimum absolute atomic E-state index is 0.0416. The molecule has 1 fully saturated rings. The van der Waals surface area contributed by atoms with E-state index < -0.39 is 0 Å². The van der Waals surface area contributed by atoms with Crippen LogP contribution in [0.25, 0.3) is 0 Å². The molecular weight excluding hydrogens is 336 g/mol. The standard InChI is InChI=1S/C18H34N4O4/c1-5-25-13-7-10-19-18(20-14-16(23)21(3)4)22-11-8-15(9-12-22)17(24)26-6-2/h15H,5-14H2,1-4H3,(H,19,20). The van der Waals surface area contributed by atoms with E-state index in [0.717, 1.165) is 44.9 Å². The van der Waals surface area contributed by atoms with Crippen LogP contribution in [0.1, 0.15) is 33.1 Å². The molecule has 8 heteroatoms. The number of hydrogen-bond acceptors (Lipinski definition) is 5. The van der Waals surface area contributed by atoms with E-state index in [4.69, 9.17) is 9.47 Å². The lowest BCUT2D eigenvalue weighted by Gasteiger charge is -2.33. The maximum atomic E-state index is 11.9. The number of guanidine groups is 1. The molecule has 0 aromatic rings. The van der Waals surface area contributed by atoms with Gasteiger partial charge in [-0.1, -0.05) is 0 Å². The fraction of sp³-hybridized carbons (Fsp3) is 0.833. The number of nitrogens with one attached hydrogen (secondary N) is 1. The second kappa shape index (κ2) is 12.5. The van der Waals surface area contributed by atoms with Crippen LogP contribution in [0.5, 0.6) is 0 Å². The van der Waals surface area contributed by atoms with Gasteiger partial charge < -0.3 is 24.6 Å². The predicted molar refractivity (Wildman–Crippen MR) is 101 cm³/mol. The minimum atomic E-state index is -0.113. The van der Waals surface area contributed by atoms with E-state index in [9.17, 15) is 9.59 Å². The molecule has 1 aliphatic heterocycles. The van der Waals surface area contributed by atoms with E-state index in [1.807, 2.05) is 13.8 Å². The van der Waals surface area contributed by atoms with Crippen LogP contribution in [0.3, 0.4) is 0 Å². The van der Waals surface area contributed by atoms with Crippen LogP contribution in [-0.2, 0) is 19.1 Å². The van der Waals surface area contributed by atoms with E-state index in [2.05, 4.69) is 15.2 Å². The van der Waals surface area contributed by atoms with Gasteiger partial charge in [-0.05, 0) is 33.1 Å². The summed E-state index contributed by atoms with van der Waals surface area (Å²) in [5, 5.41) is 3.32. The highest BCUT2D eigenvalue weighted by Crippen LogP contribution is 2.18. The van der Waals surface area contributed by atoms with Crippen molar-refractivity contribution < 1.29 is 19.1 Å². The van der Waals surface area contributed by atoms with E-state index in [-0.39, 0.29) is 24.3 Å². The van der Waals surface area contributed by atoms with Crippen LogP contribution in [0.15, 0.2) is 4.99 Å². The molecule has 0 atom stereocenters. The highest BCUT2D eigenvalue weighted by atomic mass is 16.5. The number of ether oxygens (including phenoxy) is 2. The Morgan fingerprint density at radius 1 is 1.19 bits per heavy atom. The highest BCUT2D eigenvalue weighted by Gasteiger charge is 2.27. The molecule has 0 aromatic heterocycles. The third-order valence-corrected chi connectivity index (χ3v) is 4.23. The van der Waals surface area contributed by atoms with Crippen LogP contribution in [0.4, 0.5) is 0 Å². The Balaban J connectivity index is 2.59. The molecule has 0 aromatic carbocycles. The molecule has 26 heavy (non-hydrogen) atoms. The topological polar surface area (TPSA) is 83.5 Å². The first-order chi connectivity index (χ1) is 12.5. The average Bonchev–Trinajstić information content (AvgIpc) is 2.64. The average molecular weight is 370 g/mol. The molecule has 0 spiro atoms. The molecule has 8 nitrogen and oxygen atoms in total. The number of rotatable bonds is 9. The third kappa shape index (κ3) is 8.03. The number of nitrogens with zero attached hydrogens (tertiary/aromatic N) is 3. The molecular formula is C18H34N4O4. The summed E-state index contributed by atoms with van der Waals surface area (Å²) < 4.78 is 10.5. The van der Waals surface area contributed by atoms with Crippen molar-refractivity contribution in [1.29, 1.82) is 0 Å². The summed E-state index contributed by atoms with van der Waals surface area (Å²) in [7, 11) is 3.44. The van der Waals surface area contributed by atoms with Crippen molar-refractivity contribution in [2.75, 3.05) is 60.1 Å². The largest absolute Gasteiger partial charge is 0.466 e. The summed E-state index contributed by atoms with van der Waals surface area (Å²) in [6.45, 7) is 7.89. The van der Waals surface area contributed by atoms with Crippen LogP contribution in [-0.4, -0.2) is 87.7 Å². The highest BCUT2D eigenvalue weighted by molar-refractivity contribution is 5.85. The van der Waals surface area contributed by atoms with Crippen LogP contribution >= 0.6 is 0 Å². The van der Waals surface area contributed by atoms with Crippen molar-refractivity contribution in [2.45, 2.75) is 33.1 Å². The lowest BCUT2D eigenvalue weighted by Crippen LogP contribution is -2.47. The van der Waals surface area contributed by atoms with E-state index in [1.165, 1.54) is 4.90 Å². The van der Waals surface area contributed by atoms with Crippen molar-refractivity contribution in [3.63, 3.8) is 0 Å². The Morgan fingerprint density at radius 2 is 1.88 bits per heavy atom. The monoisotopic (exact) mass is 370 g/mol. The van der Waals surface area contributed by atoms with Crippen molar-refractivity contribution in [3.8, 4) is 0 Å². The van der Waals surface area contributed by atoms with Gasteiger partial charge in [0.2, 0.25) is 5.91 Å². The van der Waals surface area contributed by atoms with Gasteiger partial charge in [0.05, 0.1) is 12.5 Å². The molecule has 150 valence electrons. The van der Waals surface area contributed by atoms with Crippen molar-refractivity contribution >= 4 is 17.8 Å². The number of likely N-dealkylation sites (N-methyl/N-ethyl adjacent to an activating group) is 1. The molecule has 1 rings (SSSR count). The van der Waals surface area contributed by atoms with E-state index >= 15 is 0 Å². The van der Waals surface area contributed by atoms with Gasteiger partial charge in [0.1, 0.15) is 6.54 Å². The van der Waals surface area contributed by atoms with Crippen molar-refractivity contribution in [3.05, 3.63) is 0 Å². The number of aliphatic imine (C=N–C) groups is 1. The van der Waals surface area contributed by atoms with Gasteiger partial charge in [0, 0.05) is 46.9 Å². The zero-order chi connectivity index (χ0) is 19.4. The Hall–Kier alpha value is -1.83. The van der Waals surface area contributed by atoms with Gasteiger partial charge in [0.25, 0.3) is 0 Å². The van der Waals surface area contributed by atoms with Gasteiger partial charge in [0.15, 0.2) is 5.96 Å². The maximum Gasteiger partial charge on any atom is 0.309 e. The molecule has 1 saturated heterocycles. The predicted octanol–water partition coefficient (Wildman–Crippen LogP) is 0.722. The molecule has 0 saturated carbocycles. The van der Waals surface area contributed by atoms with Gasteiger partial charge in [-0.3, -0.25) is 9.59 Å². The van der Waals surface area contributed by atoms with E-state index in [1.54, 1.807) is 14.1 Å². The Bertz CT molecular complexity index is 460. The van der Waals surface area contributed by atoms with Crippen LogP contribution in [0, 0.1) is 5.92 Å². The van der Waals surface area contributed by atoms with Crippen LogP contribution in [0.2, 0.25) is 0 Å². The number of amides is 1.